The molecule has 0 aliphatic carbocycles. The van der Waals surface area contributed by atoms with Crippen molar-refractivity contribution in [2.24, 2.45) is 0 Å². The number of sulfone groups is 1. The molecule has 0 radical (unpaired) electrons. The van der Waals surface area contributed by atoms with Crippen molar-refractivity contribution >= 4 is 9.84 Å². The first-order valence-electron chi connectivity index (χ1n) is 5.31. The zero-order valence-corrected chi connectivity index (χ0v) is 11.0. The van der Waals surface area contributed by atoms with Crippen LogP contribution in [0.15, 0.2) is 22.9 Å². The Morgan fingerprint density at radius 2 is 2.21 bits per heavy atom. The van der Waals surface area contributed by atoms with Gasteiger partial charge in [0.15, 0.2) is 15.7 Å². The second kappa shape index (κ2) is 4.78. The highest BCUT2D eigenvalue weighted by Gasteiger charge is 2.23. The van der Waals surface area contributed by atoms with E-state index in [-0.39, 0.29) is 17.4 Å². The Morgan fingerprint density at radius 1 is 1.47 bits per heavy atom. The average Bonchev–Trinajstić information content (AvgIpc) is 2.86. The van der Waals surface area contributed by atoms with Crippen molar-refractivity contribution < 1.29 is 12.9 Å². The summed E-state index contributed by atoms with van der Waals surface area (Å²) in [6, 6.07) is 4.98. The number of aromatic nitrogens is 3. The van der Waals surface area contributed by atoms with Crippen LogP contribution < -0.4 is 0 Å². The van der Waals surface area contributed by atoms with Crippen molar-refractivity contribution in [2.45, 2.75) is 12.2 Å². The summed E-state index contributed by atoms with van der Waals surface area (Å²) in [5, 5.41) is 11.6. The van der Waals surface area contributed by atoms with Crippen molar-refractivity contribution in [3.8, 4) is 17.5 Å². The fraction of sp³-hybridized carbons (Fsp3) is 0.273. The van der Waals surface area contributed by atoms with E-state index in [9.17, 15) is 8.42 Å². The maximum atomic E-state index is 11.4. The molecule has 0 aliphatic heterocycles. The highest BCUT2D eigenvalue weighted by Crippen LogP contribution is 2.22. The van der Waals surface area contributed by atoms with Gasteiger partial charge >= 0.3 is 0 Å². The highest BCUT2D eigenvalue weighted by molar-refractivity contribution is 7.90. The van der Waals surface area contributed by atoms with Gasteiger partial charge in [0, 0.05) is 18.0 Å². The Bertz CT molecular complexity index is 745. The third-order valence-corrected chi connectivity index (χ3v) is 4.06. The molecular formula is C11H10N4O3S. The molecule has 2 heterocycles. The van der Waals surface area contributed by atoms with Gasteiger partial charge in [-0.05, 0) is 19.1 Å². The SMILES string of the molecule is CC(c1noc(-c2ccnc(C#N)c2)n1)S(C)(=O)=O. The van der Waals surface area contributed by atoms with Crippen LogP contribution in [0.25, 0.3) is 11.5 Å². The molecular weight excluding hydrogens is 268 g/mol. The minimum atomic E-state index is -3.29. The summed E-state index contributed by atoms with van der Waals surface area (Å²) in [6.45, 7) is 1.48. The smallest absolute Gasteiger partial charge is 0.258 e. The summed E-state index contributed by atoms with van der Waals surface area (Å²) < 4.78 is 27.8. The van der Waals surface area contributed by atoms with Crippen LogP contribution in [-0.2, 0) is 9.84 Å². The van der Waals surface area contributed by atoms with Crippen molar-refractivity contribution in [3.05, 3.63) is 29.8 Å². The van der Waals surface area contributed by atoms with E-state index < -0.39 is 15.1 Å². The highest BCUT2D eigenvalue weighted by atomic mass is 32.2. The van der Waals surface area contributed by atoms with Crippen LogP contribution in [0.5, 0.6) is 0 Å². The van der Waals surface area contributed by atoms with Crippen LogP contribution in [0.3, 0.4) is 0 Å². The summed E-state index contributed by atoms with van der Waals surface area (Å²) in [4.78, 5) is 7.85. The maximum Gasteiger partial charge on any atom is 0.258 e. The van der Waals surface area contributed by atoms with Gasteiger partial charge in [0.2, 0.25) is 0 Å². The molecule has 7 nitrogen and oxygen atoms in total. The van der Waals surface area contributed by atoms with Gasteiger partial charge in [0.05, 0.1) is 0 Å². The first-order chi connectivity index (χ1) is 8.91. The Balaban J connectivity index is 2.39. The predicted molar refractivity (Wildman–Crippen MR) is 65.5 cm³/mol. The van der Waals surface area contributed by atoms with Crippen LogP contribution in [0.1, 0.15) is 23.7 Å². The standard InChI is InChI=1S/C11H10N4O3S/c1-7(19(2,16)17)10-14-11(18-15-10)8-3-4-13-9(5-8)6-12/h3-5,7H,1-2H3. The van der Waals surface area contributed by atoms with Crippen LogP contribution >= 0.6 is 0 Å². The molecule has 1 atom stereocenters. The van der Waals surface area contributed by atoms with Gasteiger partial charge in [0.1, 0.15) is 17.0 Å². The molecule has 19 heavy (non-hydrogen) atoms. The molecule has 0 amide bonds. The molecule has 0 N–H and O–H groups in total. The van der Waals surface area contributed by atoms with E-state index >= 15 is 0 Å². The van der Waals surface area contributed by atoms with Gasteiger partial charge in [-0.1, -0.05) is 5.16 Å². The summed E-state index contributed by atoms with van der Waals surface area (Å²) in [7, 11) is -3.29. The second-order valence-corrected chi connectivity index (χ2v) is 6.34. The van der Waals surface area contributed by atoms with Gasteiger partial charge in [-0.2, -0.15) is 10.2 Å². The van der Waals surface area contributed by atoms with Gasteiger partial charge in [-0.3, -0.25) is 0 Å². The molecule has 98 valence electrons. The average molecular weight is 278 g/mol. The molecule has 0 spiro atoms. The lowest BCUT2D eigenvalue weighted by atomic mass is 10.2. The molecule has 2 aromatic rings. The number of nitrogens with zero attached hydrogens (tertiary/aromatic N) is 4. The lowest BCUT2D eigenvalue weighted by molar-refractivity contribution is 0.421. The van der Waals surface area contributed by atoms with E-state index in [1.54, 1.807) is 6.07 Å². The van der Waals surface area contributed by atoms with Crippen LogP contribution in [0.2, 0.25) is 0 Å². The normalized spacial score (nSPS) is 12.9. The van der Waals surface area contributed by atoms with Gasteiger partial charge in [-0.25, -0.2) is 13.4 Å². The zero-order valence-electron chi connectivity index (χ0n) is 10.2. The fourth-order valence-corrected chi connectivity index (χ4v) is 1.81. The summed E-state index contributed by atoms with van der Waals surface area (Å²) in [5.41, 5.74) is 0.736. The molecule has 1 unspecified atom stereocenters. The topological polar surface area (TPSA) is 110 Å². The Hall–Kier alpha value is -2.27. The number of nitriles is 1. The minimum Gasteiger partial charge on any atom is -0.334 e. The van der Waals surface area contributed by atoms with E-state index in [4.69, 9.17) is 9.78 Å². The Labute approximate surface area is 109 Å². The van der Waals surface area contributed by atoms with Crippen LogP contribution in [0, 0.1) is 11.3 Å². The van der Waals surface area contributed by atoms with E-state index in [2.05, 4.69) is 15.1 Å². The van der Waals surface area contributed by atoms with Gasteiger partial charge in [0.25, 0.3) is 5.89 Å². The third-order valence-electron chi connectivity index (χ3n) is 2.57. The molecule has 0 fully saturated rings. The predicted octanol–water partition coefficient (Wildman–Crippen LogP) is 1.11. The molecule has 0 aliphatic rings. The number of rotatable bonds is 3. The lowest BCUT2D eigenvalue weighted by Crippen LogP contribution is -2.09. The summed E-state index contributed by atoms with van der Waals surface area (Å²) in [6.07, 6.45) is 2.55. The summed E-state index contributed by atoms with van der Waals surface area (Å²) >= 11 is 0. The van der Waals surface area contributed by atoms with Crippen molar-refractivity contribution in [1.82, 2.24) is 15.1 Å². The van der Waals surface area contributed by atoms with E-state index in [1.807, 2.05) is 6.07 Å². The number of pyridine rings is 1. The van der Waals surface area contributed by atoms with Crippen LogP contribution in [0.4, 0.5) is 0 Å². The van der Waals surface area contributed by atoms with Gasteiger partial charge in [-0.15, -0.1) is 0 Å². The molecule has 2 rings (SSSR count). The first kappa shape index (κ1) is 13.2. The lowest BCUT2D eigenvalue weighted by Gasteiger charge is -2.01. The van der Waals surface area contributed by atoms with E-state index in [0.29, 0.717) is 5.56 Å². The largest absolute Gasteiger partial charge is 0.334 e. The Morgan fingerprint density at radius 3 is 2.84 bits per heavy atom. The number of hydrogen-bond acceptors (Lipinski definition) is 7. The van der Waals surface area contributed by atoms with E-state index in [1.165, 1.54) is 19.2 Å². The molecule has 2 aromatic heterocycles. The summed E-state index contributed by atoms with van der Waals surface area (Å²) in [5.74, 6) is 0.247. The Kier molecular flexibility index (Phi) is 3.31. The quantitative estimate of drug-likeness (QED) is 0.826. The fourth-order valence-electron chi connectivity index (χ4n) is 1.33. The third kappa shape index (κ3) is 2.77. The van der Waals surface area contributed by atoms with Crippen LogP contribution in [-0.4, -0.2) is 29.8 Å². The molecule has 0 aromatic carbocycles. The van der Waals surface area contributed by atoms with E-state index in [0.717, 1.165) is 6.26 Å². The molecule has 8 heteroatoms. The number of hydrogen-bond donors (Lipinski definition) is 0. The molecule has 0 saturated carbocycles. The van der Waals surface area contributed by atoms with Gasteiger partial charge < -0.3 is 4.52 Å². The second-order valence-electron chi connectivity index (χ2n) is 3.97. The molecule has 0 bridgehead atoms. The molecule has 0 saturated heterocycles. The first-order valence-corrected chi connectivity index (χ1v) is 7.26. The van der Waals surface area contributed by atoms with Crippen molar-refractivity contribution in [2.75, 3.05) is 6.26 Å². The maximum absolute atomic E-state index is 11.4. The monoisotopic (exact) mass is 278 g/mol. The van der Waals surface area contributed by atoms with Crippen molar-refractivity contribution in [1.29, 1.82) is 5.26 Å². The zero-order chi connectivity index (χ0) is 14.0. The minimum absolute atomic E-state index is 0.0906. The van der Waals surface area contributed by atoms with Crippen molar-refractivity contribution in [3.63, 3.8) is 0 Å².